The average Bonchev–Trinajstić information content (AvgIpc) is 1.91. The number of nitrogens with one attached hydrogen (secondary N) is 2. The van der Waals surface area contributed by atoms with Gasteiger partial charge >= 0.3 is 0 Å². The molecule has 0 spiro atoms. The molecular formula is C10H22N2O. The summed E-state index contributed by atoms with van der Waals surface area (Å²) in [5.74, 6) is 0. The number of rotatable bonds is 4. The zero-order valence-electron chi connectivity index (χ0n) is 8.93. The molecule has 0 aromatic heterocycles. The van der Waals surface area contributed by atoms with Crippen LogP contribution in [0.5, 0.6) is 0 Å². The second-order valence-corrected chi connectivity index (χ2v) is 4.95. The third kappa shape index (κ3) is 4.60. The first-order chi connectivity index (χ1) is 5.97. The predicted octanol–water partition coefficient (Wildman–Crippen LogP) is 0.487. The van der Waals surface area contributed by atoms with Crippen molar-refractivity contribution in [2.24, 2.45) is 0 Å². The van der Waals surface area contributed by atoms with Crippen LogP contribution in [0, 0.1) is 0 Å². The Morgan fingerprint density at radius 1 is 1.23 bits per heavy atom. The molecule has 0 heterocycles. The minimum atomic E-state index is -0.0481. The molecule has 0 atom stereocenters. The van der Waals surface area contributed by atoms with Gasteiger partial charge in [0.15, 0.2) is 0 Å². The highest BCUT2D eigenvalue weighted by Crippen LogP contribution is 2.18. The van der Waals surface area contributed by atoms with Gasteiger partial charge in [0.1, 0.15) is 0 Å². The summed E-state index contributed by atoms with van der Waals surface area (Å²) < 4.78 is 0. The lowest BCUT2D eigenvalue weighted by Crippen LogP contribution is -2.48. The monoisotopic (exact) mass is 186 g/mol. The van der Waals surface area contributed by atoms with E-state index >= 15 is 0 Å². The molecule has 3 heteroatoms. The van der Waals surface area contributed by atoms with E-state index in [1.807, 2.05) is 0 Å². The molecular weight excluding hydrogens is 164 g/mol. The Morgan fingerprint density at radius 3 is 2.31 bits per heavy atom. The van der Waals surface area contributed by atoms with Gasteiger partial charge in [-0.1, -0.05) is 0 Å². The van der Waals surface area contributed by atoms with E-state index in [9.17, 15) is 0 Å². The first-order valence-corrected chi connectivity index (χ1v) is 5.14. The summed E-state index contributed by atoms with van der Waals surface area (Å²) in [6, 6.07) is 0.553. The minimum Gasteiger partial charge on any atom is -0.393 e. The summed E-state index contributed by atoms with van der Waals surface area (Å²) in [5.41, 5.74) is 0.209. The SMILES string of the molecule is CC(C)(C)NCCNC1CC(O)C1. The van der Waals surface area contributed by atoms with Gasteiger partial charge in [-0.15, -0.1) is 0 Å². The Balaban J connectivity index is 1.90. The molecule has 1 fully saturated rings. The molecule has 3 N–H and O–H groups in total. The Morgan fingerprint density at radius 2 is 1.85 bits per heavy atom. The van der Waals surface area contributed by atoms with E-state index in [0.29, 0.717) is 6.04 Å². The summed E-state index contributed by atoms with van der Waals surface area (Å²) >= 11 is 0. The summed E-state index contributed by atoms with van der Waals surface area (Å²) in [7, 11) is 0. The van der Waals surface area contributed by atoms with Crippen LogP contribution in [0.3, 0.4) is 0 Å². The Hall–Kier alpha value is -0.120. The van der Waals surface area contributed by atoms with Crippen LogP contribution < -0.4 is 10.6 Å². The summed E-state index contributed by atoms with van der Waals surface area (Å²) in [6.07, 6.45) is 1.80. The zero-order valence-corrected chi connectivity index (χ0v) is 8.93. The maximum Gasteiger partial charge on any atom is 0.0570 e. The van der Waals surface area contributed by atoms with Crippen LogP contribution in [0.4, 0.5) is 0 Å². The van der Waals surface area contributed by atoms with Crippen molar-refractivity contribution in [3.8, 4) is 0 Å². The minimum absolute atomic E-state index is 0.0481. The van der Waals surface area contributed by atoms with Gasteiger partial charge < -0.3 is 15.7 Å². The van der Waals surface area contributed by atoms with Gasteiger partial charge in [0.2, 0.25) is 0 Å². The van der Waals surface area contributed by atoms with Crippen molar-refractivity contribution in [3.05, 3.63) is 0 Å². The molecule has 0 unspecified atom stereocenters. The molecule has 1 aliphatic carbocycles. The van der Waals surface area contributed by atoms with Gasteiger partial charge in [-0.25, -0.2) is 0 Å². The van der Waals surface area contributed by atoms with Gasteiger partial charge in [0.25, 0.3) is 0 Å². The van der Waals surface area contributed by atoms with E-state index < -0.39 is 0 Å². The number of hydrogen-bond donors (Lipinski definition) is 3. The molecule has 1 saturated carbocycles. The predicted molar refractivity (Wildman–Crippen MR) is 54.8 cm³/mol. The van der Waals surface area contributed by atoms with E-state index in [1.165, 1.54) is 0 Å². The summed E-state index contributed by atoms with van der Waals surface area (Å²) in [5, 5.41) is 15.9. The van der Waals surface area contributed by atoms with Crippen LogP contribution in [-0.2, 0) is 0 Å². The van der Waals surface area contributed by atoms with E-state index in [-0.39, 0.29) is 11.6 Å². The van der Waals surface area contributed by atoms with Gasteiger partial charge in [-0.05, 0) is 33.6 Å². The molecule has 0 aromatic rings. The highest BCUT2D eigenvalue weighted by Gasteiger charge is 2.26. The van der Waals surface area contributed by atoms with Crippen molar-refractivity contribution in [3.63, 3.8) is 0 Å². The molecule has 78 valence electrons. The quantitative estimate of drug-likeness (QED) is 0.560. The van der Waals surface area contributed by atoms with Crippen molar-refractivity contribution in [1.82, 2.24) is 10.6 Å². The summed E-state index contributed by atoms with van der Waals surface area (Å²) in [6.45, 7) is 8.49. The van der Waals surface area contributed by atoms with E-state index in [1.54, 1.807) is 0 Å². The molecule has 13 heavy (non-hydrogen) atoms. The smallest absolute Gasteiger partial charge is 0.0570 e. The molecule has 0 bridgehead atoms. The Labute approximate surface area is 80.9 Å². The maximum atomic E-state index is 9.05. The Kier molecular flexibility index (Phi) is 3.71. The fraction of sp³-hybridized carbons (Fsp3) is 1.00. The van der Waals surface area contributed by atoms with Crippen LogP contribution in [0.1, 0.15) is 33.6 Å². The van der Waals surface area contributed by atoms with E-state index in [4.69, 9.17) is 5.11 Å². The first kappa shape index (κ1) is 11.0. The van der Waals surface area contributed by atoms with E-state index in [2.05, 4.69) is 31.4 Å². The lowest BCUT2D eigenvalue weighted by molar-refractivity contribution is 0.0627. The number of hydrogen-bond acceptors (Lipinski definition) is 3. The van der Waals surface area contributed by atoms with Crippen LogP contribution in [0.2, 0.25) is 0 Å². The van der Waals surface area contributed by atoms with Crippen molar-refractivity contribution in [2.45, 2.75) is 51.3 Å². The topological polar surface area (TPSA) is 44.3 Å². The highest BCUT2D eigenvalue weighted by molar-refractivity contribution is 4.84. The van der Waals surface area contributed by atoms with Gasteiger partial charge in [-0.3, -0.25) is 0 Å². The second kappa shape index (κ2) is 4.40. The number of aliphatic hydroxyl groups is 1. The van der Waals surface area contributed by atoms with Crippen molar-refractivity contribution in [2.75, 3.05) is 13.1 Å². The standard InChI is InChI=1S/C10H22N2O/c1-10(2,3)12-5-4-11-8-6-9(13)7-8/h8-9,11-13H,4-7H2,1-3H3. The van der Waals surface area contributed by atoms with Gasteiger partial charge in [-0.2, -0.15) is 0 Å². The molecule has 0 radical (unpaired) electrons. The first-order valence-electron chi connectivity index (χ1n) is 5.14. The average molecular weight is 186 g/mol. The molecule has 0 amide bonds. The molecule has 0 aliphatic heterocycles. The third-order valence-corrected chi connectivity index (χ3v) is 2.33. The molecule has 0 saturated heterocycles. The van der Waals surface area contributed by atoms with Crippen molar-refractivity contribution >= 4 is 0 Å². The summed E-state index contributed by atoms with van der Waals surface area (Å²) in [4.78, 5) is 0. The van der Waals surface area contributed by atoms with Crippen LogP contribution >= 0.6 is 0 Å². The van der Waals surface area contributed by atoms with Crippen LogP contribution in [0.25, 0.3) is 0 Å². The molecule has 3 nitrogen and oxygen atoms in total. The molecule has 1 aliphatic rings. The molecule has 0 aromatic carbocycles. The van der Waals surface area contributed by atoms with Crippen LogP contribution in [0.15, 0.2) is 0 Å². The normalized spacial score (nSPS) is 28.6. The Bertz CT molecular complexity index is 147. The van der Waals surface area contributed by atoms with Crippen molar-refractivity contribution in [1.29, 1.82) is 0 Å². The fourth-order valence-electron chi connectivity index (χ4n) is 1.47. The van der Waals surface area contributed by atoms with Gasteiger partial charge in [0, 0.05) is 24.7 Å². The van der Waals surface area contributed by atoms with Crippen LogP contribution in [-0.4, -0.2) is 35.9 Å². The largest absolute Gasteiger partial charge is 0.393 e. The fourth-order valence-corrected chi connectivity index (χ4v) is 1.47. The van der Waals surface area contributed by atoms with Crippen molar-refractivity contribution < 1.29 is 5.11 Å². The zero-order chi connectivity index (χ0) is 9.90. The van der Waals surface area contributed by atoms with E-state index in [0.717, 1.165) is 25.9 Å². The highest BCUT2D eigenvalue weighted by atomic mass is 16.3. The molecule has 1 rings (SSSR count). The maximum absolute atomic E-state index is 9.05. The third-order valence-electron chi connectivity index (χ3n) is 2.33. The number of aliphatic hydroxyl groups excluding tert-OH is 1. The lowest BCUT2D eigenvalue weighted by atomic mass is 9.89. The second-order valence-electron chi connectivity index (χ2n) is 4.95. The van der Waals surface area contributed by atoms with Gasteiger partial charge in [0.05, 0.1) is 6.10 Å². The lowest BCUT2D eigenvalue weighted by Gasteiger charge is -2.32.